The van der Waals surface area contributed by atoms with E-state index in [4.69, 9.17) is 0 Å². The fourth-order valence-electron chi connectivity index (χ4n) is 2.16. The lowest BCUT2D eigenvalue weighted by Gasteiger charge is -2.10. The molecule has 0 saturated carbocycles. The number of thioether (sulfide) groups is 1. The van der Waals surface area contributed by atoms with Crippen molar-refractivity contribution in [2.24, 2.45) is 0 Å². The molecule has 0 saturated heterocycles. The minimum atomic E-state index is 0.0530. The summed E-state index contributed by atoms with van der Waals surface area (Å²) in [6.45, 7) is 4.40. The molecule has 0 aromatic heterocycles. The maximum atomic E-state index is 11.9. The summed E-state index contributed by atoms with van der Waals surface area (Å²) in [4.78, 5) is 11.9. The van der Waals surface area contributed by atoms with Crippen LogP contribution in [0, 0.1) is 0 Å². The summed E-state index contributed by atoms with van der Waals surface area (Å²) in [6.07, 6.45) is 1.13. The van der Waals surface area contributed by atoms with E-state index in [-0.39, 0.29) is 5.91 Å². The number of rotatable bonds is 7. The van der Waals surface area contributed by atoms with Gasteiger partial charge >= 0.3 is 0 Å². The molecule has 22 heavy (non-hydrogen) atoms. The van der Waals surface area contributed by atoms with E-state index in [1.54, 1.807) is 11.8 Å². The smallest absolute Gasteiger partial charge is 0.234 e. The second kappa shape index (κ2) is 8.64. The molecule has 3 heteroatoms. The third kappa shape index (κ3) is 5.23. The number of amides is 1. The standard InChI is InChI=1S/C19H23NOS/c1-3-15(2)17-9-11-18(12-10-17)20-19(21)14-22-13-16-7-5-4-6-8-16/h4-12,15H,3,13-14H2,1-2H3,(H,20,21)/t15-/m0/s1. The SMILES string of the molecule is CC[C@H](C)c1ccc(NC(=O)CSCc2ccccc2)cc1. The zero-order chi connectivity index (χ0) is 15.8. The second-order valence-electron chi connectivity index (χ2n) is 5.46. The molecule has 0 bridgehead atoms. The molecular formula is C19H23NOS. The van der Waals surface area contributed by atoms with Gasteiger partial charge in [-0.15, -0.1) is 11.8 Å². The van der Waals surface area contributed by atoms with Crippen LogP contribution < -0.4 is 5.32 Å². The van der Waals surface area contributed by atoms with Crippen LogP contribution in [-0.2, 0) is 10.5 Å². The average Bonchev–Trinajstić information content (AvgIpc) is 2.56. The quantitative estimate of drug-likeness (QED) is 0.773. The molecule has 2 rings (SSSR count). The average molecular weight is 313 g/mol. The number of benzene rings is 2. The summed E-state index contributed by atoms with van der Waals surface area (Å²) >= 11 is 1.63. The van der Waals surface area contributed by atoms with Crippen molar-refractivity contribution in [3.05, 3.63) is 65.7 Å². The molecule has 2 aromatic rings. The van der Waals surface area contributed by atoms with Gasteiger partial charge in [0.2, 0.25) is 5.91 Å². The van der Waals surface area contributed by atoms with Gasteiger partial charge in [0.15, 0.2) is 0 Å². The van der Waals surface area contributed by atoms with E-state index >= 15 is 0 Å². The van der Waals surface area contributed by atoms with Crippen molar-refractivity contribution in [2.75, 3.05) is 11.1 Å². The molecule has 0 aliphatic heterocycles. The number of anilines is 1. The molecular weight excluding hydrogens is 290 g/mol. The van der Waals surface area contributed by atoms with Crippen LogP contribution in [0.25, 0.3) is 0 Å². The van der Waals surface area contributed by atoms with Gasteiger partial charge in [-0.05, 0) is 35.6 Å². The second-order valence-corrected chi connectivity index (χ2v) is 6.44. The van der Waals surface area contributed by atoms with Crippen LogP contribution in [0.15, 0.2) is 54.6 Å². The van der Waals surface area contributed by atoms with Crippen LogP contribution in [0.5, 0.6) is 0 Å². The van der Waals surface area contributed by atoms with Gasteiger partial charge in [-0.1, -0.05) is 56.3 Å². The molecule has 1 atom stereocenters. The largest absolute Gasteiger partial charge is 0.325 e. The highest BCUT2D eigenvalue weighted by Crippen LogP contribution is 2.20. The number of hydrogen-bond donors (Lipinski definition) is 1. The lowest BCUT2D eigenvalue weighted by Crippen LogP contribution is -2.14. The molecule has 0 aliphatic carbocycles. The highest BCUT2D eigenvalue weighted by atomic mass is 32.2. The Hall–Kier alpha value is -1.74. The maximum absolute atomic E-state index is 11.9. The van der Waals surface area contributed by atoms with E-state index in [1.807, 2.05) is 30.3 Å². The molecule has 0 radical (unpaired) electrons. The lowest BCUT2D eigenvalue weighted by atomic mass is 9.99. The van der Waals surface area contributed by atoms with Crippen LogP contribution >= 0.6 is 11.8 Å². The van der Waals surface area contributed by atoms with Crippen LogP contribution in [0.1, 0.15) is 37.3 Å². The number of nitrogens with one attached hydrogen (secondary N) is 1. The number of carbonyl (C=O) groups is 1. The van der Waals surface area contributed by atoms with Gasteiger partial charge in [0.1, 0.15) is 0 Å². The van der Waals surface area contributed by atoms with Gasteiger partial charge in [-0.2, -0.15) is 0 Å². The minimum absolute atomic E-state index is 0.0530. The Morgan fingerprint density at radius 2 is 1.77 bits per heavy atom. The predicted molar refractivity (Wildman–Crippen MR) is 96.4 cm³/mol. The van der Waals surface area contributed by atoms with Gasteiger partial charge in [-0.3, -0.25) is 4.79 Å². The van der Waals surface area contributed by atoms with Gasteiger partial charge in [-0.25, -0.2) is 0 Å². The van der Waals surface area contributed by atoms with E-state index < -0.39 is 0 Å². The molecule has 1 amide bonds. The first kappa shape index (κ1) is 16.6. The van der Waals surface area contributed by atoms with E-state index in [2.05, 4.69) is 43.4 Å². The fraction of sp³-hybridized carbons (Fsp3) is 0.316. The van der Waals surface area contributed by atoms with Crippen LogP contribution in [-0.4, -0.2) is 11.7 Å². The Labute approximate surface area is 137 Å². The summed E-state index contributed by atoms with van der Waals surface area (Å²) in [5, 5.41) is 2.95. The molecule has 116 valence electrons. The normalized spacial score (nSPS) is 11.9. The third-order valence-corrected chi connectivity index (χ3v) is 4.72. The van der Waals surface area contributed by atoms with Crippen molar-refractivity contribution in [1.82, 2.24) is 0 Å². The Morgan fingerprint density at radius 3 is 2.41 bits per heavy atom. The summed E-state index contributed by atoms with van der Waals surface area (Å²) in [5.74, 6) is 1.95. The minimum Gasteiger partial charge on any atom is -0.325 e. The molecule has 1 N–H and O–H groups in total. The Morgan fingerprint density at radius 1 is 1.09 bits per heavy atom. The van der Waals surface area contributed by atoms with E-state index in [0.29, 0.717) is 11.7 Å². The van der Waals surface area contributed by atoms with Crippen molar-refractivity contribution >= 4 is 23.4 Å². The van der Waals surface area contributed by atoms with Gasteiger partial charge in [0, 0.05) is 11.4 Å². The Kier molecular flexibility index (Phi) is 6.53. The first-order valence-electron chi connectivity index (χ1n) is 7.70. The monoisotopic (exact) mass is 313 g/mol. The van der Waals surface area contributed by atoms with Gasteiger partial charge < -0.3 is 5.32 Å². The van der Waals surface area contributed by atoms with Gasteiger partial charge in [0.05, 0.1) is 5.75 Å². The van der Waals surface area contributed by atoms with Crippen molar-refractivity contribution < 1.29 is 4.79 Å². The molecule has 0 heterocycles. The summed E-state index contributed by atoms with van der Waals surface area (Å²) < 4.78 is 0. The molecule has 0 unspecified atom stereocenters. The Balaban J connectivity index is 1.77. The zero-order valence-electron chi connectivity index (χ0n) is 13.2. The molecule has 0 fully saturated rings. The summed E-state index contributed by atoms with van der Waals surface area (Å²) in [7, 11) is 0. The molecule has 0 spiro atoms. The number of carbonyl (C=O) groups excluding carboxylic acids is 1. The first-order valence-corrected chi connectivity index (χ1v) is 8.86. The van der Waals surface area contributed by atoms with Crippen molar-refractivity contribution in [3.8, 4) is 0 Å². The van der Waals surface area contributed by atoms with E-state index in [1.165, 1.54) is 11.1 Å². The predicted octanol–water partition coefficient (Wildman–Crippen LogP) is 5.07. The van der Waals surface area contributed by atoms with Gasteiger partial charge in [0.25, 0.3) is 0 Å². The third-order valence-electron chi connectivity index (χ3n) is 3.72. The van der Waals surface area contributed by atoms with Crippen molar-refractivity contribution in [3.63, 3.8) is 0 Å². The molecule has 0 aliphatic rings. The highest BCUT2D eigenvalue weighted by Gasteiger charge is 2.05. The summed E-state index contributed by atoms with van der Waals surface area (Å²) in [5.41, 5.74) is 3.44. The van der Waals surface area contributed by atoms with E-state index in [0.717, 1.165) is 17.9 Å². The van der Waals surface area contributed by atoms with Crippen LogP contribution in [0.3, 0.4) is 0 Å². The maximum Gasteiger partial charge on any atom is 0.234 e. The number of hydrogen-bond acceptors (Lipinski definition) is 2. The Bertz CT molecular complexity index is 580. The zero-order valence-corrected chi connectivity index (χ0v) is 14.0. The topological polar surface area (TPSA) is 29.1 Å². The van der Waals surface area contributed by atoms with E-state index in [9.17, 15) is 4.79 Å². The highest BCUT2D eigenvalue weighted by molar-refractivity contribution is 7.99. The summed E-state index contributed by atoms with van der Waals surface area (Å²) in [6, 6.07) is 18.4. The van der Waals surface area contributed by atoms with Crippen molar-refractivity contribution in [1.29, 1.82) is 0 Å². The van der Waals surface area contributed by atoms with Crippen molar-refractivity contribution in [2.45, 2.75) is 31.9 Å². The fourth-order valence-corrected chi connectivity index (χ4v) is 2.95. The lowest BCUT2D eigenvalue weighted by molar-refractivity contribution is -0.113. The van der Waals surface area contributed by atoms with Crippen LogP contribution in [0.2, 0.25) is 0 Å². The first-order chi connectivity index (χ1) is 10.7. The molecule has 2 aromatic carbocycles. The molecule has 2 nitrogen and oxygen atoms in total. The van der Waals surface area contributed by atoms with Crippen LogP contribution in [0.4, 0.5) is 5.69 Å².